The van der Waals surface area contributed by atoms with Crippen molar-refractivity contribution in [1.29, 1.82) is 0 Å². The third kappa shape index (κ3) is 4.04. The fourth-order valence-electron chi connectivity index (χ4n) is 3.43. The van der Waals surface area contributed by atoms with Gasteiger partial charge >= 0.3 is 6.03 Å². The van der Waals surface area contributed by atoms with Gasteiger partial charge in [-0.2, -0.15) is 11.8 Å². The highest BCUT2D eigenvalue weighted by Crippen LogP contribution is 2.28. The maximum atomic E-state index is 12.0. The normalized spacial score (nSPS) is 33.6. The van der Waals surface area contributed by atoms with Crippen LogP contribution in [0.15, 0.2) is 0 Å². The number of rotatable bonds is 5. The third-order valence-electron chi connectivity index (χ3n) is 4.52. The number of hydrogen-bond acceptors (Lipinski definition) is 3. The molecule has 2 aliphatic rings. The summed E-state index contributed by atoms with van der Waals surface area (Å²) >= 11 is 1.87. The Bertz CT molecular complexity index is 325. The largest absolute Gasteiger partial charge is 0.378 e. The Morgan fingerprint density at radius 3 is 2.85 bits per heavy atom. The van der Waals surface area contributed by atoms with Gasteiger partial charge in [-0.15, -0.1) is 0 Å². The van der Waals surface area contributed by atoms with Crippen molar-refractivity contribution >= 4 is 17.8 Å². The van der Waals surface area contributed by atoms with E-state index in [1.807, 2.05) is 11.8 Å². The maximum Gasteiger partial charge on any atom is 0.315 e. The molecule has 1 heterocycles. The lowest BCUT2D eigenvalue weighted by molar-refractivity contribution is 0.0545. The van der Waals surface area contributed by atoms with Gasteiger partial charge in [-0.3, -0.25) is 0 Å². The van der Waals surface area contributed by atoms with Crippen LogP contribution in [0.4, 0.5) is 4.79 Å². The highest BCUT2D eigenvalue weighted by atomic mass is 32.2. The second kappa shape index (κ2) is 7.55. The number of amides is 2. The van der Waals surface area contributed by atoms with Gasteiger partial charge in [0, 0.05) is 30.4 Å². The molecule has 5 heteroatoms. The molecule has 0 bridgehead atoms. The van der Waals surface area contributed by atoms with Crippen LogP contribution < -0.4 is 10.6 Å². The standard InChI is InChI=1S/C15H28N2O2S/c1-10(2)14-11(7-8-19-14)9-16-15(18)17-12-5-4-6-13(12)20-3/h10-14H,4-9H2,1-3H3,(H2,16,17,18). The van der Waals surface area contributed by atoms with Crippen LogP contribution in [0.5, 0.6) is 0 Å². The Balaban J connectivity index is 1.72. The van der Waals surface area contributed by atoms with E-state index in [2.05, 4.69) is 30.7 Å². The Labute approximate surface area is 126 Å². The molecule has 1 saturated heterocycles. The molecule has 1 aliphatic carbocycles. The first kappa shape index (κ1) is 16.0. The maximum absolute atomic E-state index is 12.0. The Morgan fingerprint density at radius 1 is 1.35 bits per heavy atom. The minimum Gasteiger partial charge on any atom is -0.378 e. The smallest absolute Gasteiger partial charge is 0.315 e. The van der Waals surface area contributed by atoms with Gasteiger partial charge in [-0.05, 0) is 31.4 Å². The highest BCUT2D eigenvalue weighted by Gasteiger charge is 2.31. The number of nitrogens with one attached hydrogen (secondary N) is 2. The Morgan fingerprint density at radius 2 is 2.15 bits per heavy atom. The summed E-state index contributed by atoms with van der Waals surface area (Å²) in [6, 6.07) is 0.330. The van der Waals surface area contributed by atoms with Crippen LogP contribution in [-0.2, 0) is 4.74 Å². The molecular formula is C15H28N2O2S. The van der Waals surface area contributed by atoms with E-state index in [9.17, 15) is 4.79 Å². The van der Waals surface area contributed by atoms with Crippen LogP contribution >= 0.6 is 11.8 Å². The topological polar surface area (TPSA) is 50.4 Å². The molecule has 0 spiro atoms. The van der Waals surface area contributed by atoms with Gasteiger partial charge in [0.1, 0.15) is 0 Å². The number of carbonyl (C=O) groups excluding carboxylic acids is 1. The predicted molar refractivity (Wildman–Crippen MR) is 84.2 cm³/mol. The molecule has 0 radical (unpaired) electrons. The van der Waals surface area contributed by atoms with Gasteiger partial charge in [0.15, 0.2) is 0 Å². The molecule has 1 saturated carbocycles. The first-order chi connectivity index (χ1) is 9.61. The van der Waals surface area contributed by atoms with E-state index in [4.69, 9.17) is 4.74 Å². The number of hydrogen-bond donors (Lipinski definition) is 2. The minimum absolute atomic E-state index is 0.00893. The van der Waals surface area contributed by atoms with Crippen LogP contribution in [0.2, 0.25) is 0 Å². The molecule has 2 amide bonds. The average molecular weight is 300 g/mol. The fourth-order valence-corrected chi connectivity index (χ4v) is 4.36. The van der Waals surface area contributed by atoms with Crippen molar-refractivity contribution in [2.75, 3.05) is 19.4 Å². The summed E-state index contributed by atoms with van der Waals surface area (Å²) in [6.07, 6.45) is 7.03. The zero-order chi connectivity index (χ0) is 14.5. The Kier molecular flexibility index (Phi) is 6.02. The van der Waals surface area contributed by atoms with Crippen molar-refractivity contribution in [3.05, 3.63) is 0 Å². The predicted octanol–water partition coefficient (Wildman–Crippen LogP) is 2.63. The van der Waals surface area contributed by atoms with Crippen LogP contribution in [0, 0.1) is 11.8 Å². The Hall–Kier alpha value is -0.420. The van der Waals surface area contributed by atoms with Gasteiger partial charge in [0.05, 0.1) is 6.10 Å². The van der Waals surface area contributed by atoms with E-state index in [1.165, 1.54) is 12.8 Å². The summed E-state index contributed by atoms with van der Waals surface area (Å²) < 4.78 is 5.75. The van der Waals surface area contributed by atoms with E-state index < -0.39 is 0 Å². The second-order valence-electron chi connectivity index (χ2n) is 6.29. The van der Waals surface area contributed by atoms with E-state index in [0.29, 0.717) is 29.2 Å². The first-order valence-electron chi connectivity index (χ1n) is 7.80. The molecule has 0 aromatic rings. The van der Waals surface area contributed by atoms with Crippen LogP contribution in [0.25, 0.3) is 0 Å². The van der Waals surface area contributed by atoms with Crippen molar-refractivity contribution in [2.45, 2.75) is 56.9 Å². The number of urea groups is 1. The monoisotopic (exact) mass is 300 g/mol. The minimum atomic E-state index is -0.00893. The van der Waals surface area contributed by atoms with Crippen LogP contribution in [0.3, 0.4) is 0 Å². The zero-order valence-corrected chi connectivity index (χ0v) is 13.7. The van der Waals surface area contributed by atoms with E-state index in [0.717, 1.165) is 26.0 Å². The third-order valence-corrected chi connectivity index (χ3v) is 5.69. The molecule has 0 aromatic carbocycles. The molecule has 116 valence electrons. The van der Waals surface area contributed by atoms with E-state index in [-0.39, 0.29) is 6.03 Å². The molecule has 4 nitrogen and oxygen atoms in total. The summed E-state index contributed by atoms with van der Waals surface area (Å²) in [6.45, 7) is 5.93. The molecule has 2 N–H and O–H groups in total. The molecule has 20 heavy (non-hydrogen) atoms. The zero-order valence-electron chi connectivity index (χ0n) is 12.9. The summed E-state index contributed by atoms with van der Waals surface area (Å²) in [4.78, 5) is 12.0. The van der Waals surface area contributed by atoms with Crippen molar-refractivity contribution in [2.24, 2.45) is 11.8 Å². The van der Waals surface area contributed by atoms with Gasteiger partial charge < -0.3 is 15.4 Å². The molecule has 0 aromatic heterocycles. The molecule has 4 atom stereocenters. The molecule has 2 rings (SSSR count). The van der Waals surface area contributed by atoms with Crippen molar-refractivity contribution in [1.82, 2.24) is 10.6 Å². The van der Waals surface area contributed by atoms with Crippen LogP contribution in [-0.4, -0.2) is 42.8 Å². The first-order valence-corrected chi connectivity index (χ1v) is 9.09. The van der Waals surface area contributed by atoms with Gasteiger partial charge in [-0.25, -0.2) is 4.79 Å². The van der Waals surface area contributed by atoms with Crippen molar-refractivity contribution < 1.29 is 9.53 Å². The van der Waals surface area contributed by atoms with Crippen molar-refractivity contribution in [3.8, 4) is 0 Å². The van der Waals surface area contributed by atoms with E-state index in [1.54, 1.807) is 0 Å². The lowest BCUT2D eigenvalue weighted by Crippen LogP contribution is -2.46. The average Bonchev–Trinajstić information content (AvgIpc) is 3.04. The summed E-state index contributed by atoms with van der Waals surface area (Å²) in [5.41, 5.74) is 0. The number of thioether (sulfide) groups is 1. The quantitative estimate of drug-likeness (QED) is 0.820. The molecule has 2 fully saturated rings. The molecule has 4 unspecified atom stereocenters. The van der Waals surface area contributed by atoms with E-state index >= 15 is 0 Å². The van der Waals surface area contributed by atoms with Gasteiger partial charge in [-0.1, -0.05) is 20.3 Å². The lowest BCUT2D eigenvalue weighted by Gasteiger charge is -2.23. The highest BCUT2D eigenvalue weighted by molar-refractivity contribution is 7.99. The SMILES string of the molecule is CSC1CCCC1NC(=O)NCC1CCOC1C(C)C. The second-order valence-corrected chi connectivity index (χ2v) is 7.37. The fraction of sp³-hybridized carbons (Fsp3) is 0.933. The summed E-state index contributed by atoms with van der Waals surface area (Å²) in [7, 11) is 0. The van der Waals surface area contributed by atoms with Crippen molar-refractivity contribution in [3.63, 3.8) is 0 Å². The van der Waals surface area contributed by atoms with Gasteiger partial charge in [0.25, 0.3) is 0 Å². The molecule has 1 aliphatic heterocycles. The summed E-state index contributed by atoms with van der Waals surface area (Å²) in [5, 5.41) is 6.76. The summed E-state index contributed by atoms with van der Waals surface area (Å²) in [5.74, 6) is 0.976. The van der Waals surface area contributed by atoms with Gasteiger partial charge in [0.2, 0.25) is 0 Å². The lowest BCUT2D eigenvalue weighted by atomic mass is 9.93. The number of carbonyl (C=O) groups is 1. The number of ether oxygens (including phenoxy) is 1. The molecular weight excluding hydrogens is 272 g/mol. The van der Waals surface area contributed by atoms with Crippen LogP contribution in [0.1, 0.15) is 39.5 Å².